The van der Waals surface area contributed by atoms with E-state index in [4.69, 9.17) is 5.11 Å². The Kier molecular flexibility index (Phi) is 3.15. The molecule has 0 atom stereocenters. The van der Waals surface area contributed by atoms with E-state index in [1.807, 2.05) is 0 Å². The third kappa shape index (κ3) is 2.65. The Morgan fingerprint density at radius 3 is 2.32 bits per heavy atom. The van der Waals surface area contributed by atoms with Crippen LogP contribution < -0.4 is 0 Å². The second kappa shape index (κ2) is 4.51. The zero-order chi connectivity index (χ0) is 14.2. The Morgan fingerprint density at radius 2 is 1.84 bits per heavy atom. The van der Waals surface area contributed by atoms with Crippen LogP contribution in [0, 0.1) is 0 Å². The Morgan fingerprint density at radius 1 is 1.26 bits per heavy atom. The van der Waals surface area contributed by atoms with Gasteiger partial charge in [-0.15, -0.1) is 0 Å². The van der Waals surface area contributed by atoms with E-state index in [1.165, 1.54) is 23.0 Å². The first-order valence-corrected chi connectivity index (χ1v) is 7.25. The van der Waals surface area contributed by atoms with Crippen LogP contribution in [0.25, 0.3) is 11.3 Å². The van der Waals surface area contributed by atoms with Gasteiger partial charge in [-0.05, 0) is 12.1 Å². The smallest absolute Gasteiger partial charge is 0.339 e. The average Bonchev–Trinajstić information content (AvgIpc) is 2.70. The maximum absolute atomic E-state index is 11.3. The summed E-state index contributed by atoms with van der Waals surface area (Å²) < 4.78 is 24.1. The summed E-state index contributed by atoms with van der Waals surface area (Å²) in [6.07, 6.45) is 2.52. The minimum absolute atomic E-state index is 0.0783. The number of carboxylic acid groups (broad SMARTS) is 1. The standard InChI is InChI=1S/C12H12N2O4S/c1-14-7-10(12(15)16)11(13-14)8-3-5-9(6-4-8)19(2,17)18/h3-7H,1-2H3,(H,15,16). The number of carboxylic acids is 1. The van der Waals surface area contributed by atoms with Crippen molar-refractivity contribution in [2.45, 2.75) is 4.90 Å². The fourth-order valence-corrected chi connectivity index (χ4v) is 2.35. The summed E-state index contributed by atoms with van der Waals surface area (Å²) in [6.45, 7) is 0. The quantitative estimate of drug-likeness (QED) is 0.912. The maximum Gasteiger partial charge on any atom is 0.339 e. The van der Waals surface area contributed by atoms with Gasteiger partial charge in [0.2, 0.25) is 0 Å². The van der Waals surface area contributed by atoms with Crippen molar-refractivity contribution in [2.24, 2.45) is 7.05 Å². The van der Waals surface area contributed by atoms with Gasteiger partial charge >= 0.3 is 5.97 Å². The van der Waals surface area contributed by atoms with E-state index < -0.39 is 15.8 Å². The third-order valence-electron chi connectivity index (χ3n) is 2.62. The number of nitrogens with zero attached hydrogens (tertiary/aromatic N) is 2. The molecule has 6 nitrogen and oxygen atoms in total. The first-order chi connectivity index (χ1) is 8.79. The number of hydrogen-bond donors (Lipinski definition) is 1. The predicted molar refractivity (Wildman–Crippen MR) is 68.7 cm³/mol. The second-order valence-electron chi connectivity index (χ2n) is 4.17. The molecule has 0 spiro atoms. The van der Waals surface area contributed by atoms with E-state index >= 15 is 0 Å². The SMILES string of the molecule is Cn1cc(C(=O)O)c(-c2ccc(S(C)(=O)=O)cc2)n1. The molecular weight excluding hydrogens is 268 g/mol. The zero-order valence-corrected chi connectivity index (χ0v) is 11.2. The highest BCUT2D eigenvalue weighted by atomic mass is 32.2. The predicted octanol–water partition coefficient (Wildman–Crippen LogP) is 1.19. The molecule has 0 radical (unpaired) electrons. The van der Waals surface area contributed by atoms with E-state index in [-0.39, 0.29) is 10.5 Å². The molecule has 2 aromatic rings. The highest BCUT2D eigenvalue weighted by Gasteiger charge is 2.16. The Balaban J connectivity index is 2.52. The number of aromatic carboxylic acids is 1. The van der Waals surface area contributed by atoms with E-state index in [0.29, 0.717) is 11.3 Å². The number of aryl methyl sites for hydroxylation is 1. The molecule has 0 aliphatic heterocycles. The molecule has 1 aromatic heterocycles. The van der Waals surface area contributed by atoms with Gasteiger partial charge in [0.25, 0.3) is 0 Å². The number of sulfone groups is 1. The van der Waals surface area contributed by atoms with Gasteiger partial charge < -0.3 is 5.11 Å². The van der Waals surface area contributed by atoms with Crippen LogP contribution in [0.2, 0.25) is 0 Å². The lowest BCUT2D eigenvalue weighted by molar-refractivity contribution is 0.0697. The molecule has 19 heavy (non-hydrogen) atoms. The van der Waals surface area contributed by atoms with Crippen molar-refractivity contribution in [2.75, 3.05) is 6.26 Å². The Bertz CT molecular complexity index is 730. The average molecular weight is 280 g/mol. The normalized spacial score (nSPS) is 11.5. The summed E-state index contributed by atoms with van der Waals surface area (Å²) >= 11 is 0. The fraction of sp³-hybridized carbons (Fsp3) is 0.167. The topological polar surface area (TPSA) is 89.3 Å². The van der Waals surface area contributed by atoms with Crippen molar-refractivity contribution in [1.82, 2.24) is 9.78 Å². The van der Waals surface area contributed by atoms with Crippen molar-refractivity contribution in [1.29, 1.82) is 0 Å². The molecule has 0 fully saturated rings. The van der Waals surface area contributed by atoms with Crippen LogP contribution in [-0.2, 0) is 16.9 Å². The van der Waals surface area contributed by atoms with Crippen LogP contribution in [0.3, 0.4) is 0 Å². The van der Waals surface area contributed by atoms with E-state index in [0.717, 1.165) is 6.26 Å². The lowest BCUT2D eigenvalue weighted by atomic mass is 10.1. The number of benzene rings is 1. The monoisotopic (exact) mass is 280 g/mol. The van der Waals surface area contributed by atoms with Gasteiger partial charge in [-0.2, -0.15) is 5.10 Å². The Labute approximate surface area is 110 Å². The first kappa shape index (κ1) is 13.3. The van der Waals surface area contributed by atoms with Gasteiger partial charge in [0.15, 0.2) is 9.84 Å². The number of carbonyl (C=O) groups is 1. The molecule has 0 saturated heterocycles. The zero-order valence-electron chi connectivity index (χ0n) is 10.4. The van der Waals surface area contributed by atoms with Crippen LogP contribution >= 0.6 is 0 Å². The molecule has 0 aliphatic rings. The molecule has 7 heteroatoms. The highest BCUT2D eigenvalue weighted by Crippen LogP contribution is 2.23. The Hall–Kier alpha value is -2.15. The minimum atomic E-state index is -3.26. The van der Waals surface area contributed by atoms with Crippen LogP contribution in [0.15, 0.2) is 35.4 Å². The molecule has 0 saturated carbocycles. The summed E-state index contributed by atoms with van der Waals surface area (Å²) in [5, 5.41) is 13.2. The summed E-state index contributed by atoms with van der Waals surface area (Å²) in [4.78, 5) is 11.3. The van der Waals surface area contributed by atoms with E-state index in [9.17, 15) is 13.2 Å². The van der Waals surface area contributed by atoms with Crippen LogP contribution in [-0.4, -0.2) is 35.5 Å². The van der Waals surface area contributed by atoms with E-state index in [1.54, 1.807) is 19.2 Å². The summed E-state index contributed by atoms with van der Waals surface area (Å²) in [5.74, 6) is -1.07. The number of hydrogen-bond acceptors (Lipinski definition) is 4. The molecule has 0 bridgehead atoms. The highest BCUT2D eigenvalue weighted by molar-refractivity contribution is 7.90. The molecule has 1 heterocycles. The van der Waals surface area contributed by atoms with Gasteiger partial charge in [0, 0.05) is 25.1 Å². The van der Waals surface area contributed by atoms with E-state index in [2.05, 4.69) is 5.10 Å². The minimum Gasteiger partial charge on any atom is -0.478 e. The molecule has 1 aromatic carbocycles. The molecule has 0 amide bonds. The molecule has 2 rings (SSSR count). The fourth-order valence-electron chi connectivity index (χ4n) is 1.72. The van der Waals surface area contributed by atoms with Crippen molar-refractivity contribution in [3.8, 4) is 11.3 Å². The first-order valence-electron chi connectivity index (χ1n) is 5.36. The third-order valence-corrected chi connectivity index (χ3v) is 3.74. The molecule has 0 aliphatic carbocycles. The molecule has 1 N–H and O–H groups in total. The van der Waals surface area contributed by atoms with Crippen LogP contribution in [0.1, 0.15) is 10.4 Å². The van der Waals surface area contributed by atoms with Gasteiger partial charge in [-0.1, -0.05) is 12.1 Å². The van der Waals surface area contributed by atoms with Gasteiger partial charge in [0.05, 0.1) is 4.90 Å². The van der Waals surface area contributed by atoms with Crippen molar-refractivity contribution < 1.29 is 18.3 Å². The summed E-state index contributed by atoms with van der Waals surface area (Å²) in [6, 6.07) is 5.96. The second-order valence-corrected chi connectivity index (χ2v) is 6.18. The number of rotatable bonds is 3. The van der Waals surface area contributed by atoms with Gasteiger partial charge in [-0.3, -0.25) is 4.68 Å². The van der Waals surface area contributed by atoms with Crippen molar-refractivity contribution in [3.63, 3.8) is 0 Å². The van der Waals surface area contributed by atoms with Gasteiger partial charge in [-0.25, -0.2) is 13.2 Å². The molecular formula is C12H12N2O4S. The lowest BCUT2D eigenvalue weighted by Gasteiger charge is -2.01. The van der Waals surface area contributed by atoms with Crippen LogP contribution in [0.5, 0.6) is 0 Å². The summed E-state index contributed by atoms with van der Waals surface area (Å²) in [5.41, 5.74) is 0.954. The lowest BCUT2D eigenvalue weighted by Crippen LogP contribution is -1.98. The molecule has 100 valence electrons. The van der Waals surface area contributed by atoms with Crippen molar-refractivity contribution in [3.05, 3.63) is 36.0 Å². The van der Waals surface area contributed by atoms with Crippen molar-refractivity contribution >= 4 is 15.8 Å². The van der Waals surface area contributed by atoms with Crippen LogP contribution in [0.4, 0.5) is 0 Å². The maximum atomic E-state index is 11.3. The van der Waals surface area contributed by atoms with Gasteiger partial charge in [0.1, 0.15) is 11.3 Å². The summed E-state index contributed by atoms with van der Waals surface area (Å²) in [7, 11) is -1.64. The molecule has 0 unspecified atom stereocenters. The number of aromatic nitrogens is 2. The largest absolute Gasteiger partial charge is 0.478 e.